The molecule has 6 heteroatoms. The maximum atomic E-state index is 13.7. The third-order valence-electron chi connectivity index (χ3n) is 3.17. The van der Waals surface area contributed by atoms with Gasteiger partial charge in [0.25, 0.3) is 5.91 Å². The van der Waals surface area contributed by atoms with E-state index in [9.17, 15) is 9.18 Å². The Morgan fingerprint density at radius 3 is 3.05 bits per heavy atom. The Kier molecular flexibility index (Phi) is 5.32. The van der Waals surface area contributed by atoms with Gasteiger partial charge in [0.05, 0.1) is 11.1 Å². The topological polar surface area (TPSA) is 62.1 Å². The molecule has 0 aromatic heterocycles. The van der Waals surface area contributed by atoms with Crippen LogP contribution in [0.1, 0.15) is 18.4 Å². The summed E-state index contributed by atoms with van der Waals surface area (Å²) in [5.74, 6) is -1.14. The van der Waals surface area contributed by atoms with Crippen molar-refractivity contribution in [3.63, 3.8) is 0 Å². The number of rotatable bonds is 4. The summed E-state index contributed by atoms with van der Waals surface area (Å²) in [5, 5.41) is 11.8. The first-order chi connectivity index (χ1) is 10.1. The van der Waals surface area contributed by atoms with Gasteiger partial charge in [0.1, 0.15) is 17.5 Å². The molecule has 0 aliphatic carbocycles. The zero-order valence-electron chi connectivity index (χ0n) is 11.2. The third kappa shape index (κ3) is 4.03. The molecule has 1 saturated heterocycles. The predicted octanol–water partition coefficient (Wildman–Crippen LogP) is 2.68. The largest absolute Gasteiger partial charge is 0.376 e. The minimum absolute atomic E-state index is 0.0223. The van der Waals surface area contributed by atoms with Crippen molar-refractivity contribution in [2.45, 2.75) is 18.9 Å². The summed E-state index contributed by atoms with van der Waals surface area (Å²) < 4.78 is 19.0. The van der Waals surface area contributed by atoms with E-state index in [1.807, 2.05) is 0 Å². The number of nitrogens with zero attached hydrogens (tertiary/aromatic N) is 1. The number of carbonyl (C=O) groups is 1. The van der Waals surface area contributed by atoms with Gasteiger partial charge in [0.15, 0.2) is 0 Å². The van der Waals surface area contributed by atoms with Crippen molar-refractivity contribution in [3.05, 3.63) is 40.2 Å². The van der Waals surface area contributed by atoms with E-state index in [0.29, 0.717) is 13.2 Å². The van der Waals surface area contributed by atoms with Crippen LogP contribution in [0.15, 0.2) is 23.8 Å². The lowest BCUT2D eigenvalue weighted by Crippen LogP contribution is -2.32. The molecule has 1 heterocycles. The molecule has 2 rings (SSSR count). The van der Waals surface area contributed by atoms with Crippen LogP contribution in [-0.4, -0.2) is 25.2 Å². The SMILES string of the molecule is N#C/C(=C/c1c(F)cccc1Cl)C(=O)NC[C@@H]1CCCO1. The molecular formula is C15H14ClFN2O2. The minimum atomic E-state index is -0.581. The van der Waals surface area contributed by atoms with Crippen molar-refractivity contribution >= 4 is 23.6 Å². The summed E-state index contributed by atoms with van der Waals surface area (Å²) >= 11 is 5.87. The van der Waals surface area contributed by atoms with Crippen LogP contribution < -0.4 is 5.32 Å². The molecule has 0 bridgehead atoms. The van der Waals surface area contributed by atoms with E-state index in [2.05, 4.69) is 5.32 Å². The average Bonchev–Trinajstić information content (AvgIpc) is 2.98. The molecule has 0 saturated carbocycles. The van der Waals surface area contributed by atoms with Gasteiger partial charge in [-0.2, -0.15) is 5.26 Å². The van der Waals surface area contributed by atoms with Gasteiger partial charge in [-0.1, -0.05) is 17.7 Å². The molecule has 1 fully saturated rings. The standard InChI is InChI=1S/C15H14ClFN2O2/c16-13-4-1-5-14(17)12(13)7-10(8-18)15(20)19-9-11-3-2-6-21-11/h1,4-5,7,11H,2-3,6,9H2,(H,19,20)/b10-7-/t11-/m0/s1. The van der Waals surface area contributed by atoms with Gasteiger partial charge in [-0.05, 0) is 31.1 Å². The zero-order valence-corrected chi connectivity index (χ0v) is 12.0. The summed E-state index contributed by atoms with van der Waals surface area (Å²) in [4.78, 5) is 11.9. The van der Waals surface area contributed by atoms with E-state index in [0.717, 1.165) is 18.9 Å². The number of carbonyl (C=O) groups excluding carboxylic acids is 1. The first-order valence-corrected chi connectivity index (χ1v) is 6.95. The highest BCUT2D eigenvalue weighted by Crippen LogP contribution is 2.21. The van der Waals surface area contributed by atoms with Gasteiger partial charge in [0, 0.05) is 18.7 Å². The Labute approximate surface area is 127 Å². The Bertz CT molecular complexity index is 584. The molecule has 1 aliphatic heterocycles. The van der Waals surface area contributed by atoms with Crippen LogP contribution in [0.3, 0.4) is 0 Å². The molecule has 0 unspecified atom stereocenters. The molecule has 1 aliphatic rings. The third-order valence-corrected chi connectivity index (χ3v) is 3.50. The van der Waals surface area contributed by atoms with Crippen molar-refractivity contribution in [1.82, 2.24) is 5.32 Å². The summed E-state index contributed by atoms with van der Waals surface area (Å²) in [7, 11) is 0. The lowest BCUT2D eigenvalue weighted by atomic mass is 10.1. The smallest absolute Gasteiger partial charge is 0.262 e. The number of hydrogen-bond acceptors (Lipinski definition) is 3. The fourth-order valence-electron chi connectivity index (χ4n) is 2.05. The lowest BCUT2D eigenvalue weighted by molar-refractivity contribution is -0.117. The van der Waals surface area contributed by atoms with Crippen LogP contribution in [0.5, 0.6) is 0 Å². The maximum absolute atomic E-state index is 13.7. The number of halogens is 2. The van der Waals surface area contributed by atoms with Crippen LogP contribution in [0, 0.1) is 17.1 Å². The predicted molar refractivity (Wildman–Crippen MR) is 77.0 cm³/mol. The van der Waals surface area contributed by atoms with Crippen LogP contribution in [0.2, 0.25) is 5.02 Å². The number of ether oxygens (including phenoxy) is 1. The van der Waals surface area contributed by atoms with E-state index >= 15 is 0 Å². The van der Waals surface area contributed by atoms with Gasteiger partial charge in [-0.25, -0.2) is 4.39 Å². The van der Waals surface area contributed by atoms with Crippen molar-refractivity contribution < 1.29 is 13.9 Å². The fourth-order valence-corrected chi connectivity index (χ4v) is 2.27. The highest BCUT2D eigenvalue weighted by Gasteiger charge is 2.18. The molecule has 21 heavy (non-hydrogen) atoms. The van der Waals surface area contributed by atoms with Crippen molar-refractivity contribution in [3.8, 4) is 6.07 Å². The second-order valence-corrected chi connectivity index (χ2v) is 5.06. The van der Waals surface area contributed by atoms with E-state index in [-0.39, 0.29) is 22.3 Å². The molecule has 1 atom stereocenters. The van der Waals surface area contributed by atoms with Crippen LogP contribution >= 0.6 is 11.6 Å². The van der Waals surface area contributed by atoms with Crippen molar-refractivity contribution in [2.75, 3.05) is 13.2 Å². The molecular weight excluding hydrogens is 295 g/mol. The maximum Gasteiger partial charge on any atom is 0.262 e. The quantitative estimate of drug-likeness (QED) is 0.687. The molecule has 1 amide bonds. The average molecular weight is 309 g/mol. The second kappa shape index (κ2) is 7.21. The van der Waals surface area contributed by atoms with Crippen LogP contribution in [0.4, 0.5) is 4.39 Å². The van der Waals surface area contributed by atoms with E-state index in [1.54, 1.807) is 6.07 Å². The van der Waals surface area contributed by atoms with Crippen molar-refractivity contribution in [2.24, 2.45) is 0 Å². The summed E-state index contributed by atoms with van der Waals surface area (Å²) in [6.45, 7) is 1.02. The Morgan fingerprint density at radius 1 is 1.62 bits per heavy atom. The van der Waals surface area contributed by atoms with E-state index in [1.165, 1.54) is 18.2 Å². The molecule has 1 N–H and O–H groups in total. The first kappa shape index (κ1) is 15.5. The highest BCUT2D eigenvalue weighted by molar-refractivity contribution is 6.32. The summed E-state index contributed by atoms with van der Waals surface area (Å²) in [5.41, 5.74) is -0.164. The van der Waals surface area contributed by atoms with Gasteiger partial charge in [-0.3, -0.25) is 4.79 Å². The Morgan fingerprint density at radius 2 is 2.43 bits per heavy atom. The van der Waals surface area contributed by atoms with Crippen LogP contribution in [0.25, 0.3) is 6.08 Å². The highest BCUT2D eigenvalue weighted by atomic mass is 35.5. The van der Waals surface area contributed by atoms with Gasteiger partial charge in [-0.15, -0.1) is 0 Å². The monoisotopic (exact) mass is 308 g/mol. The van der Waals surface area contributed by atoms with Gasteiger partial charge in [0.2, 0.25) is 0 Å². The first-order valence-electron chi connectivity index (χ1n) is 6.57. The molecule has 0 spiro atoms. The van der Waals surface area contributed by atoms with Crippen molar-refractivity contribution in [1.29, 1.82) is 5.26 Å². The van der Waals surface area contributed by atoms with E-state index < -0.39 is 11.7 Å². The Hall–Kier alpha value is -1.90. The van der Waals surface area contributed by atoms with Gasteiger partial charge < -0.3 is 10.1 Å². The van der Waals surface area contributed by atoms with Crippen LogP contribution in [-0.2, 0) is 9.53 Å². The summed E-state index contributed by atoms with van der Waals surface area (Å²) in [6.07, 6.45) is 2.98. The number of nitrogens with one attached hydrogen (secondary N) is 1. The molecule has 1 aromatic carbocycles. The molecule has 4 nitrogen and oxygen atoms in total. The number of amides is 1. The molecule has 1 aromatic rings. The number of hydrogen-bond donors (Lipinski definition) is 1. The van der Waals surface area contributed by atoms with Gasteiger partial charge >= 0.3 is 0 Å². The minimum Gasteiger partial charge on any atom is -0.376 e. The molecule has 0 radical (unpaired) electrons. The number of nitriles is 1. The molecule has 110 valence electrons. The normalized spacial score (nSPS) is 18.3. The summed E-state index contributed by atoms with van der Waals surface area (Å²) in [6, 6.07) is 5.93. The number of benzene rings is 1. The lowest BCUT2D eigenvalue weighted by Gasteiger charge is -2.10. The van der Waals surface area contributed by atoms with E-state index in [4.69, 9.17) is 21.6 Å². The fraction of sp³-hybridized carbons (Fsp3) is 0.333. The zero-order chi connectivity index (χ0) is 15.2. The second-order valence-electron chi connectivity index (χ2n) is 4.65. The Balaban J connectivity index is 2.09.